The zero-order valence-electron chi connectivity index (χ0n) is 10.6. The van der Waals surface area contributed by atoms with Crippen LogP contribution in [0.15, 0.2) is 0 Å². The summed E-state index contributed by atoms with van der Waals surface area (Å²) < 4.78 is 9.92. The van der Waals surface area contributed by atoms with Gasteiger partial charge in [0.15, 0.2) is 5.65 Å². The second-order valence-electron chi connectivity index (χ2n) is 5.40. The Kier molecular flexibility index (Phi) is 1.88. The number of nitrogens with two attached hydrogens (primary N) is 1. The van der Waals surface area contributed by atoms with Crippen LogP contribution < -0.4 is 5.73 Å². The molecule has 0 amide bonds. The summed E-state index contributed by atoms with van der Waals surface area (Å²) in [5, 5.41) is 4.42. The molecule has 4 heterocycles. The SMILES string of the molecule is Cc1nn(C)c2c1nc(N)n2C1CC2CCC1O2. The van der Waals surface area contributed by atoms with Gasteiger partial charge >= 0.3 is 0 Å². The van der Waals surface area contributed by atoms with Crippen LogP contribution in [0.1, 0.15) is 31.0 Å². The summed E-state index contributed by atoms with van der Waals surface area (Å²) in [6.45, 7) is 1.97. The smallest absolute Gasteiger partial charge is 0.202 e. The molecule has 2 aromatic heterocycles. The average molecular weight is 247 g/mol. The van der Waals surface area contributed by atoms with Crippen molar-refractivity contribution in [2.24, 2.45) is 7.05 Å². The van der Waals surface area contributed by atoms with Crippen LogP contribution in [0, 0.1) is 6.92 Å². The predicted octanol–water partition coefficient (Wildman–Crippen LogP) is 1.15. The molecule has 18 heavy (non-hydrogen) atoms. The van der Waals surface area contributed by atoms with Crippen molar-refractivity contribution in [3.8, 4) is 0 Å². The van der Waals surface area contributed by atoms with Gasteiger partial charge in [-0.1, -0.05) is 0 Å². The molecule has 0 radical (unpaired) electrons. The van der Waals surface area contributed by atoms with Gasteiger partial charge in [-0.15, -0.1) is 0 Å². The number of imidazole rings is 1. The number of hydrogen-bond acceptors (Lipinski definition) is 4. The number of hydrogen-bond donors (Lipinski definition) is 1. The van der Waals surface area contributed by atoms with Crippen molar-refractivity contribution in [2.45, 2.75) is 44.4 Å². The van der Waals surface area contributed by atoms with Crippen molar-refractivity contribution in [1.82, 2.24) is 19.3 Å². The van der Waals surface area contributed by atoms with Gasteiger partial charge in [0.2, 0.25) is 5.95 Å². The van der Waals surface area contributed by atoms with Gasteiger partial charge in [-0.2, -0.15) is 5.10 Å². The van der Waals surface area contributed by atoms with E-state index in [1.807, 2.05) is 18.7 Å². The maximum absolute atomic E-state index is 6.10. The molecule has 3 unspecified atom stereocenters. The molecule has 2 aromatic rings. The minimum atomic E-state index is 0.296. The molecular weight excluding hydrogens is 230 g/mol. The highest BCUT2D eigenvalue weighted by Crippen LogP contribution is 2.43. The quantitative estimate of drug-likeness (QED) is 0.820. The molecule has 2 N–H and O–H groups in total. The molecule has 0 spiro atoms. The van der Waals surface area contributed by atoms with E-state index in [-0.39, 0.29) is 0 Å². The number of ether oxygens (including phenoxy) is 1. The summed E-state index contributed by atoms with van der Waals surface area (Å²) in [4.78, 5) is 4.46. The molecule has 0 saturated carbocycles. The Labute approximate surface area is 105 Å². The highest BCUT2D eigenvalue weighted by Gasteiger charge is 2.43. The summed E-state index contributed by atoms with van der Waals surface area (Å²) in [6.07, 6.45) is 4.06. The fourth-order valence-electron chi connectivity index (χ4n) is 3.52. The summed E-state index contributed by atoms with van der Waals surface area (Å²) in [6, 6.07) is 0.323. The Bertz CT molecular complexity index is 628. The van der Waals surface area contributed by atoms with Gasteiger partial charge in [0.1, 0.15) is 5.52 Å². The van der Waals surface area contributed by atoms with E-state index >= 15 is 0 Å². The van der Waals surface area contributed by atoms with Crippen LogP contribution in [0.3, 0.4) is 0 Å². The van der Waals surface area contributed by atoms with Gasteiger partial charge in [-0.05, 0) is 26.2 Å². The molecule has 2 saturated heterocycles. The molecule has 2 bridgehead atoms. The third-order valence-electron chi connectivity index (χ3n) is 4.27. The lowest BCUT2D eigenvalue weighted by molar-refractivity contribution is 0.0944. The Hall–Kier alpha value is -1.56. The normalized spacial score (nSPS) is 30.7. The van der Waals surface area contributed by atoms with E-state index in [9.17, 15) is 0 Å². The highest BCUT2D eigenvalue weighted by atomic mass is 16.5. The van der Waals surface area contributed by atoms with Crippen LogP contribution in [-0.4, -0.2) is 31.5 Å². The summed E-state index contributed by atoms with van der Waals surface area (Å²) in [5.41, 5.74) is 8.97. The molecule has 6 heteroatoms. The monoisotopic (exact) mass is 247 g/mol. The zero-order chi connectivity index (χ0) is 12.4. The Balaban J connectivity index is 1.91. The fraction of sp³-hybridized carbons (Fsp3) is 0.667. The number of rotatable bonds is 1. The van der Waals surface area contributed by atoms with Crippen LogP contribution >= 0.6 is 0 Å². The number of aromatic nitrogens is 4. The maximum Gasteiger partial charge on any atom is 0.202 e. The predicted molar refractivity (Wildman–Crippen MR) is 67.2 cm³/mol. The first kappa shape index (κ1) is 10.4. The van der Waals surface area contributed by atoms with Crippen LogP contribution in [0.2, 0.25) is 0 Å². The molecule has 0 aromatic carbocycles. The highest BCUT2D eigenvalue weighted by molar-refractivity contribution is 5.77. The summed E-state index contributed by atoms with van der Waals surface area (Å²) >= 11 is 0. The first-order valence-corrected chi connectivity index (χ1v) is 6.47. The average Bonchev–Trinajstić information content (AvgIpc) is 3.03. The van der Waals surface area contributed by atoms with Crippen LogP contribution in [0.4, 0.5) is 5.95 Å². The lowest BCUT2D eigenvalue weighted by atomic mass is 9.95. The standard InChI is InChI=1S/C12H17N5O/c1-6-10-11(16(2)15-6)17(12(13)14-10)8-5-7-3-4-9(8)18-7/h7-9H,3-5H2,1-2H3,(H2,13,14). The lowest BCUT2D eigenvalue weighted by Gasteiger charge is -2.21. The van der Waals surface area contributed by atoms with Crippen molar-refractivity contribution < 1.29 is 4.74 Å². The minimum absolute atomic E-state index is 0.296. The molecule has 96 valence electrons. The minimum Gasteiger partial charge on any atom is -0.373 e. The topological polar surface area (TPSA) is 70.9 Å². The van der Waals surface area contributed by atoms with Crippen molar-refractivity contribution in [3.63, 3.8) is 0 Å². The first-order chi connectivity index (χ1) is 8.65. The fourth-order valence-corrected chi connectivity index (χ4v) is 3.52. The van der Waals surface area contributed by atoms with Crippen LogP contribution in [0.5, 0.6) is 0 Å². The van der Waals surface area contributed by atoms with Crippen LogP contribution in [-0.2, 0) is 11.8 Å². The third-order valence-corrected chi connectivity index (χ3v) is 4.27. The second kappa shape index (κ2) is 3.26. The maximum atomic E-state index is 6.10. The van der Waals surface area contributed by atoms with E-state index in [0.29, 0.717) is 24.2 Å². The van der Waals surface area contributed by atoms with E-state index in [4.69, 9.17) is 10.5 Å². The van der Waals surface area contributed by atoms with Gasteiger partial charge in [0.05, 0.1) is 23.9 Å². The molecule has 2 aliphatic heterocycles. The molecule has 3 atom stereocenters. The first-order valence-electron chi connectivity index (χ1n) is 6.47. The molecule has 6 nitrogen and oxygen atoms in total. The van der Waals surface area contributed by atoms with E-state index < -0.39 is 0 Å². The van der Waals surface area contributed by atoms with E-state index in [0.717, 1.165) is 29.7 Å². The van der Waals surface area contributed by atoms with Crippen molar-refractivity contribution in [2.75, 3.05) is 5.73 Å². The third kappa shape index (κ3) is 1.16. The largest absolute Gasteiger partial charge is 0.373 e. The van der Waals surface area contributed by atoms with Gasteiger partial charge < -0.3 is 10.5 Å². The van der Waals surface area contributed by atoms with Gasteiger partial charge in [-0.25, -0.2) is 4.98 Å². The number of fused-ring (bicyclic) bond motifs is 3. The van der Waals surface area contributed by atoms with Gasteiger partial charge in [0, 0.05) is 7.05 Å². The van der Waals surface area contributed by atoms with Crippen molar-refractivity contribution in [1.29, 1.82) is 0 Å². The summed E-state index contributed by atoms with van der Waals surface area (Å²) in [5.74, 6) is 0.585. The Morgan fingerprint density at radius 1 is 1.39 bits per heavy atom. The Morgan fingerprint density at radius 2 is 2.22 bits per heavy atom. The summed E-state index contributed by atoms with van der Waals surface area (Å²) in [7, 11) is 1.95. The van der Waals surface area contributed by atoms with Crippen LogP contribution in [0.25, 0.3) is 11.2 Å². The van der Waals surface area contributed by atoms with Gasteiger partial charge in [0.25, 0.3) is 0 Å². The number of anilines is 1. The molecule has 2 fully saturated rings. The number of aryl methyl sites for hydroxylation is 2. The molecule has 0 aliphatic carbocycles. The van der Waals surface area contributed by atoms with Crippen molar-refractivity contribution >= 4 is 17.1 Å². The molecule has 2 aliphatic rings. The van der Waals surface area contributed by atoms with E-state index in [2.05, 4.69) is 14.6 Å². The zero-order valence-corrected chi connectivity index (χ0v) is 10.6. The number of nitrogen functional groups attached to an aromatic ring is 1. The molecule has 4 rings (SSSR count). The lowest BCUT2D eigenvalue weighted by Crippen LogP contribution is -2.23. The van der Waals surface area contributed by atoms with E-state index in [1.165, 1.54) is 6.42 Å². The molecular formula is C12H17N5O. The number of nitrogens with zero attached hydrogens (tertiary/aromatic N) is 4. The second-order valence-corrected chi connectivity index (χ2v) is 5.40. The van der Waals surface area contributed by atoms with Crippen molar-refractivity contribution in [3.05, 3.63) is 5.69 Å². The van der Waals surface area contributed by atoms with E-state index in [1.54, 1.807) is 0 Å². The van der Waals surface area contributed by atoms with Gasteiger partial charge in [-0.3, -0.25) is 9.25 Å². The Morgan fingerprint density at radius 3 is 2.89 bits per heavy atom.